The van der Waals surface area contributed by atoms with Gasteiger partial charge in [-0.2, -0.15) is 5.10 Å². The van der Waals surface area contributed by atoms with E-state index < -0.39 is 0 Å². The van der Waals surface area contributed by atoms with Crippen molar-refractivity contribution in [2.45, 2.75) is 39.0 Å². The summed E-state index contributed by atoms with van der Waals surface area (Å²) in [7, 11) is 3.68. The average Bonchev–Trinajstić information content (AvgIpc) is 3.07. The maximum atomic E-state index is 5.83. The lowest BCUT2D eigenvalue weighted by atomic mass is 9.57. The molecule has 21 heavy (non-hydrogen) atoms. The van der Waals surface area contributed by atoms with Crippen LogP contribution in [0.3, 0.4) is 0 Å². The Kier molecular flexibility index (Phi) is 3.61. The number of hydrogen-bond donors (Lipinski definition) is 2. The first-order chi connectivity index (χ1) is 10.0. The van der Waals surface area contributed by atoms with Gasteiger partial charge < -0.3 is 15.4 Å². The molecule has 1 aliphatic carbocycles. The van der Waals surface area contributed by atoms with E-state index in [4.69, 9.17) is 4.74 Å². The van der Waals surface area contributed by atoms with Crippen molar-refractivity contribution in [3.05, 3.63) is 12.2 Å². The molecular weight excluding hydrogens is 268 g/mol. The molecule has 2 fully saturated rings. The minimum Gasteiger partial charge on any atom is -0.377 e. The van der Waals surface area contributed by atoms with Crippen LogP contribution in [0.4, 0.5) is 0 Å². The number of aromatic nitrogens is 3. The van der Waals surface area contributed by atoms with E-state index in [9.17, 15) is 0 Å². The SMILES string of the molecule is CN=C(NCc1ncnn1C)NC1C2CCOC2C1(C)C. The van der Waals surface area contributed by atoms with Gasteiger partial charge in [0, 0.05) is 38.1 Å². The summed E-state index contributed by atoms with van der Waals surface area (Å²) >= 11 is 0. The van der Waals surface area contributed by atoms with E-state index in [2.05, 4.69) is 39.6 Å². The minimum absolute atomic E-state index is 0.142. The van der Waals surface area contributed by atoms with Crippen molar-refractivity contribution in [3.8, 4) is 0 Å². The summed E-state index contributed by atoms with van der Waals surface area (Å²) in [6.45, 7) is 6.00. The minimum atomic E-state index is 0.142. The Morgan fingerprint density at radius 3 is 3.05 bits per heavy atom. The second-order valence-corrected chi connectivity index (χ2v) is 6.41. The van der Waals surface area contributed by atoms with Crippen LogP contribution in [0.25, 0.3) is 0 Å². The zero-order valence-corrected chi connectivity index (χ0v) is 13.1. The van der Waals surface area contributed by atoms with Gasteiger partial charge in [0.25, 0.3) is 0 Å². The first-order valence-electron chi connectivity index (χ1n) is 7.45. The molecule has 1 aliphatic heterocycles. The van der Waals surface area contributed by atoms with E-state index >= 15 is 0 Å². The standard InChI is InChI=1S/C14H24N6O/c1-14(2)11(9-5-6-21-12(9)14)19-13(15-3)16-7-10-17-8-18-20(10)4/h8-9,11-12H,5-7H2,1-4H3,(H2,15,16,19). The highest BCUT2D eigenvalue weighted by Gasteiger charge is 2.59. The summed E-state index contributed by atoms with van der Waals surface area (Å²) in [5.41, 5.74) is 0.142. The molecule has 0 spiro atoms. The Morgan fingerprint density at radius 2 is 2.38 bits per heavy atom. The normalized spacial score (nSPS) is 30.7. The van der Waals surface area contributed by atoms with Crippen molar-refractivity contribution in [3.63, 3.8) is 0 Å². The number of ether oxygens (including phenoxy) is 1. The van der Waals surface area contributed by atoms with Crippen LogP contribution in [0, 0.1) is 11.3 Å². The lowest BCUT2D eigenvalue weighted by molar-refractivity contribution is -0.106. The molecule has 0 amide bonds. The number of nitrogens with one attached hydrogen (secondary N) is 2. The molecule has 1 saturated heterocycles. The van der Waals surface area contributed by atoms with Crippen LogP contribution in [0.5, 0.6) is 0 Å². The summed E-state index contributed by atoms with van der Waals surface area (Å²) < 4.78 is 7.58. The van der Waals surface area contributed by atoms with E-state index in [1.165, 1.54) is 0 Å². The molecule has 3 unspecified atom stereocenters. The maximum absolute atomic E-state index is 5.83. The molecule has 1 aromatic rings. The van der Waals surface area contributed by atoms with Crippen LogP contribution in [-0.2, 0) is 18.3 Å². The molecule has 2 aliphatic rings. The van der Waals surface area contributed by atoms with Crippen molar-refractivity contribution in [2.75, 3.05) is 13.7 Å². The van der Waals surface area contributed by atoms with Gasteiger partial charge in [0.1, 0.15) is 12.2 Å². The van der Waals surface area contributed by atoms with Crippen LogP contribution in [0.15, 0.2) is 11.3 Å². The second kappa shape index (κ2) is 5.29. The fourth-order valence-corrected chi connectivity index (χ4v) is 3.60. The number of rotatable bonds is 3. The van der Waals surface area contributed by atoms with E-state index in [0.717, 1.165) is 24.8 Å². The molecule has 1 aromatic heterocycles. The molecule has 0 bridgehead atoms. The molecule has 1 saturated carbocycles. The number of hydrogen-bond acceptors (Lipinski definition) is 4. The average molecular weight is 292 g/mol. The first kappa shape index (κ1) is 14.3. The maximum Gasteiger partial charge on any atom is 0.191 e. The summed E-state index contributed by atoms with van der Waals surface area (Å²) in [6.07, 6.45) is 3.07. The number of nitrogens with zero attached hydrogens (tertiary/aromatic N) is 4. The molecule has 3 atom stereocenters. The highest BCUT2D eigenvalue weighted by Crippen LogP contribution is 2.51. The number of aliphatic imine (C=N–C) groups is 1. The third-order valence-electron chi connectivity index (χ3n) is 4.84. The highest BCUT2D eigenvalue weighted by molar-refractivity contribution is 5.80. The van der Waals surface area contributed by atoms with Crippen LogP contribution >= 0.6 is 0 Å². The lowest BCUT2D eigenvalue weighted by Crippen LogP contribution is -2.67. The van der Waals surface area contributed by atoms with Crippen molar-refractivity contribution < 1.29 is 4.74 Å². The van der Waals surface area contributed by atoms with Gasteiger partial charge in [-0.05, 0) is 6.42 Å². The Balaban J connectivity index is 1.59. The third-order valence-corrected chi connectivity index (χ3v) is 4.84. The van der Waals surface area contributed by atoms with Gasteiger partial charge in [0.2, 0.25) is 0 Å². The van der Waals surface area contributed by atoms with Gasteiger partial charge >= 0.3 is 0 Å². The van der Waals surface area contributed by atoms with E-state index in [0.29, 0.717) is 24.6 Å². The molecule has 0 aromatic carbocycles. The van der Waals surface area contributed by atoms with Crippen LogP contribution in [-0.4, -0.2) is 46.5 Å². The highest BCUT2D eigenvalue weighted by atomic mass is 16.5. The molecule has 7 heteroatoms. The van der Waals surface area contributed by atoms with Crippen LogP contribution in [0.2, 0.25) is 0 Å². The zero-order valence-electron chi connectivity index (χ0n) is 13.1. The van der Waals surface area contributed by atoms with Crippen molar-refractivity contribution in [1.82, 2.24) is 25.4 Å². The molecule has 116 valence electrons. The summed E-state index contributed by atoms with van der Waals surface area (Å²) in [5.74, 6) is 2.28. The summed E-state index contributed by atoms with van der Waals surface area (Å²) in [5, 5.41) is 10.9. The molecule has 3 rings (SSSR count). The number of fused-ring (bicyclic) bond motifs is 1. The predicted octanol–water partition coefficient (Wildman–Crippen LogP) is 0.294. The third kappa shape index (κ3) is 2.39. The zero-order chi connectivity index (χ0) is 15.0. The number of aryl methyl sites for hydroxylation is 1. The number of guanidine groups is 1. The topological polar surface area (TPSA) is 76.4 Å². The Labute approximate surface area is 125 Å². The summed E-state index contributed by atoms with van der Waals surface area (Å²) in [6, 6.07) is 0.399. The van der Waals surface area contributed by atoms with Gasteiger partial charge in [-0.15, -0.1) is 0 Å². The van der Waals surface area contributed by atoms with E-state index in [-0.39, 0.29) is 5.41 Å². The monoisotopic (exact) mass is 292 g/mol. The Bertz CT molecular complexity index is 537. The van der Waals surface area contributed by atoms with Crippen LogP contribution < -0.4 is 10.6 Å². The largest absolute Gasteiger partial charge is 0.377 e. The Morgan fingerprint density at radius 1 is 1.57 bits per heavy atom. The van der Waals surface area contributed by atoms with Crippen molar-refractivity contribution >= 4 is 5.96 Å². The molecule has 2 N–H and O–H groups in total. The predicted molar refractivity (Wildman–Crippen MR) is 79.8 cm³/mol. The van der Waals surface area contributed by atoms with E-state index in [1.807, 2.05) is 7.05 Å². The quantitative estimate of drug-likeness (QED) is 0.619. The van der Waals surface area contributed by atoms with Crippen molar-refractivity contribution in [2.24, 2.45) is 23.4 Å². The second-order valence-electron chi connectivity index (χ2n) is 6.41. The van der Waals surface area contributed by atoms with Gasteiger partial charge in [-0.25, -0.2) is 4.98 Å². The fraction of sp³-hybridized carbons (Fsp3) is 0.786. The Hall–Kier alpha value is -1.63. The van der Waals surface area contributed by atoms with Gasteiger partial charge in [-0.3, -0.25) is 9.67 Å². The first-order valence-corrected chi connectivity index (χ1v) is 7.45. The molecule has 7 nitrogen and oxygen atoms in total. The van der Waals surface area contributed by atoms with Crippen molar-refractivity contribution in [1.29, 1.82) is 0 Å². The molecular formula is C14H24N6O. The van der Waals surface area contributed by atoms with Gasteiger partial charge in [0.05, 0.1) is 12.6 Å². The molecule has 2 heterocycles. The van der Waals surface area contributed by atoms with Gasteiger partial charge in [0.15, 0.2) is 5.96 Å². The molecule has 0 radical (unpaired) electrons. The van der Waals surface area contributed by atoms with E-state index in [1.54, 1.807) is 18.1 Å². The smallest absolute Gasteiger partial charge is 0.191 e. The van der Waals surface area contributed by atoms with Crippen LogP contribution in [0.1, 0.15) is 26.1 Å². The van der Waals surface area contributed by atoms with Gasteiger partial charge in [-0.1, -0.05) is 13.8 Å². The fourth-order valence-electron chi connectivity index (χ4n) is 3.60. The lowest BCUT2D eigenvalue weighted by Gasteiger charge is -2.54. The summed E-state index contributed by atoms with van der Waals surface area (Å²) in [4.78, 5) is 8.52.